The lowest BCUT2D eigenvalue weighted by atomic mass is 9.88. The molecule has 0 saturated carbocycles. The third kappa shape index (κ3) is 5.12. The maximum Gasteiger partial charge on any atom is 0.259 e. The summed E-state index contributed by atoms with van der Waals surface area (Å²) in [7, 11) is -3.52. The zero-order chi connectivity index (χ0) is 14.5. The molecule has 1 aromatic heterocycles. The highest BCUT2D eigenvalue weighted by atomic mass is 35.5. The van der Waals surface area contributed by atoms with Gasteiger partial charge in [0.25, 0.3) is 10.0 Å². The van der Waals surface area contributed by atoms with Crippen molar-refractivity contribution in [1.82, 2.24) is 14.3 Å². The van der Waals surface area contributed by atoms with Crippen molar-refractivity contribution in [3.8, 4) is 0 Å². The van der Waals surface area contributed by atoms with E-state index in [4.69, 9.17) is 11.6 Å². The fraction of sp³-hybridized carbons (Fsp3) is 0.750. The Morgan fingerprint density at radius 1 is 1.47 bits per heavy atom. The minimum Gasteiger partial charge on any atom is -0.336 e. The van der Waals surface area contributed by atoms with Crippen LogP contribution in [0.4, 0.5) is 0 Å². The van der Waals surface area contributed by atoms with E-state index in [9.17, 15) is 8.42 Å². The van der Waals surface area contributed by atoms with Gasteiger partial charge < -0.3 is 4.57 Å². The summed E-state index contributed by atoms with van der Waals surface area (Å²) in [6.45, 7) is 7.05. The van der Waals surface area contributed by atoms with Crippen LogP contribution in [-0.4, -0.2) is 30.4 Å². The average Bonchev–Trinajstić information content (AvgIpc) is 2.84. The van der Waals surface area contributed by atoms with Crippen molar-refractivity contribution in [2.45, 2.75) is 45.2 Å². The van der Waals surface area contributed by atoms with Crippen molar-refractivity contribution in [2.75, 3.05) is 12.4 Å². The number of halogens is 1. The first-order valence-electron chi connectivity index (χ1n) is 6.38. The number of imidazole rings is 1. The molecule has 0 radical (unpaired) electrons. The molecule has 0 atom stereocenters. The second-order valence-corrected chi connectivity index (χ2v) is 7.42. The Morgan fingerprint density at radius 2 is 2.16 bits per heavy atom. The predicted molar refractivity (Wildman–Crippen MR) is 76.8 cm³/mol. The molecule has 1 heterocycles. The Morgan fingerprint density at radius 3 is 2.68 bits per heavy atom. The molecule has 0 aliphatic rings. The molecule has 1 N–H and O–H groups in total. The highest BCUT2D eigenvalue weighted by molar-refractivity contribution is 7.89. The number of rotatable bonds is 8. The van der Waals surface area contributed by atoms with E-state index in [-0.39, 0.29) is 10.4 Å². The van der Waals surface area contributed by atoms with Crippen LogP contribution in [0.3, 0.4) is 0 Å². The van der Waals surface area contributed by atoms with Crippen molar-refractivity contribution in [3.63, 3.8) is 0 Å². The third-order valence-corrected chi connectivity index (χ3v) is 4.53. The summed E-state index contributed by atoms with van der Waals surface area (Å²) in [4.78, 5) is 3.91. The molecule has 0 aliphatic heterocycles. The van der Waals surface area contributed by atoms with E-state index >= 15 is 0 Å². The minimum absolute atomic E-state index is 0.0718. The number of nitrogens with one attached hydrogen (secondary N) is 1. The number of hydrogen-bond donors (Lipinski definition) is 1. The molecule has 0 bridgehead atoms. The lowest BCUT2D eigenvalue weighted by molar-refractivity contribution is 0.331. The molecule has 1 rings (SSSR count). The van der Waals surface area contributed by atoms with Crippen molar-refractivity contribution in [3.05, 3.63) is 12.5 Å². The SMILES string of the molecule is CCn1cnc(S(=O)(=O)NCC(C)(C)CCCCl)c1. The van der Waals surface area contributed by atoms with E-state index in [1.807, 2.05) is 20.8 Å². The molecule has 0 amide bonds. The molecule has 19 heavy (non-hydrogen) atoms. The molecule has 1 aromatic rings. The van der Waals surface area contributed by atoms with Crippen molar-refractivity contribution >= 4 is 21.6 Å². The van der Waals surface area contributed by atoms with Gasteiger partial charge in [0.2, 0.25) is 0 Å². The highest BCUT2D eigenvalue weighted by Crippen LogP contribution is 2.22. The van der Waals surface area contributed by atoms with Gasteiger partial charge in [-0.15, -0.1) is 11.6 Å². The van der Waals surface area contributed by atoms with E-state index in [1.54, 1.807) is 4.57 Å². The largest absolute Gasteiger partial charge is 0.336 e. The molecule has 0 aliphatic carbocycles. The minimum atomic E-state index is -3.52. The molecule has 5 nitrogen and oxygen atoms in total. The molecule has 110 valence electrons. The van der Waals surface area contributed by atoms with E-state index in [0.717, 1.165) is 12.8 Å². The average molecular weight is 308 g/mol. The third-order valence-electron chi connectivity index (χ3n) is 2.98. The zero-order valence-electron chi connectivity index (χ0n) is 11.7. The molecule has 0 saturated heterocycles. The molecular weight excluding hydrogens is 286 g/mol. The van der Waals surface area contributed by atoms with Gasteiger partial charge in [-0.05, 0) is 25.2 Å². The molecule has 0 fully saturated rings. The summed E-state index contributed by atoms with van der Waals surface area (Å²) in [5.74, 6) is 0.594. The second kappa shape index (κ2) is 6.72. The van der Waals surface area contributed by atoms with Crippen LogP contribution in [0.5, 0.6) is 0 Å². The second-order valence-electron chi connectivity index (χ2n) is 5.32. The number of sulfonamides is 1. The standard InChI is InChI=1S/C12H22ClN3O2S/c1-4-16-8-11(14-10-16)19(17,18)15-9-12(2,3)6-5-7-13/h8,10,15H,4-7,9H2,1-3H3. The maximum absolute atomic E-state index is 12.1. The lowest BCUT2D eigenvalue weighted by Crippen LogP contribution is -2.34. The first-order valence-corrected chi connectivity index (χ1v) is 8.40. The maximum atomic E-state index is 12.1. The molecular formula is C12H22ClN3O2S. The highest BCUT2D eigenvalue weighted by Gasteiger charge is 2.23. The smallest absolute Gasteiger partial charge is 0.259 e. The van der Waals surface area contributed by atoms with Gasteiger partial charge in [0.05, 0.1) is 6.33 Å². The number of hydrogen-bond acceptors (Lipinski definition) is 3. The van der Waals surface area contributed by atoms with Gasteiger partial charge in [-0.3, -0.25) is 0 Å². The van der Waals surface area contributed by atoms with Crippen LogP contribution in [0.2, 0.25) is 0 Å². The first kappa shape index (κ1) is 16.5. The molecule has 0 aromatic carbocycles. The lowest BCUT2D eigenvalue weighted by Gasteiger charge is -2.24. The van der Waals surface area contributed by atoms with Crippen molar-refractivity contribution < 1.29 is 8.42 Å². The van der Waals surface area contributed by atoms with Crippen LogP contribution in [0.25, 0.3) is 0 Å². The van der Waals surface area contributed by atoms with Gasteiger partial charge in [0, 0.05) is 25.2 Å². The monoisotopic (exact) mass is 307 g/mol. The van der Waals surface area contributed by atoms with Gasteiger partial charge in [-0.1, -0.05) is 13.8 Å². The quantitative estimate of drug-likeness (QED) is 0.749. The van der Waals surface area contributed by atoms with Crippen LogP contribution in [0, 0.1) is 5.41 Å². The fourth-order valence-electron chi connectivity index (χ4n) is 1.65. The Balaban J connectivity index is 2.65. The van der Waals surface area contributed by atoms with Crippen molar-refractivity contribution in [2.24, 2.45) is 5.41 Å². The van der Waals surface area contributed by atoms with Crippen LogP contribution < -0.4 is 4.72 Å². The zero-order valence-corrected chi connectivity index (χ0v) is 13.3. The summed E-state index contributed by atoms with van der Waals surface area (Å²) in [6, 6.07) is 0. The van der Waals surface area contributed by atoms with Crippen LogP contribution in [-0.2, 0) is 16.6 Å². The Kier molecular flexibility index (Phi) is 5.82. The van der Waals surface area contributed by atoms with E-state index in [1.165, 1.54) is 12.5 Å². The number of nitrogens with zero attached hydrogens (tertiary/aromatic N) is 2. The topological polar surface area (TPSA) is 64.0 Å². The van der Waals surface area contributed by atoms with Gasteiger partial charge in [0.1, 0.15) is 0 Å². The van der Waals surface area contributed by atoms with Crippen LogP contribution >= 0.6 is 11.6 Å². The fourth-order valence-corrected chi connectivity index (χ4v) is 2.97. The number of aryl methyl sites for hydroxylation is 1. The molecule has 0 unspecified atom stereocenters. The van der Waals surface area contributed by atoms with Crippen LogP contribution in [0.15, 0.2) is 17.6 Å². The molecule has 0 spiro atoms. The summed E-state index contributed by atoms with van der Waals surface area (Å²) in [6.07, 6.45) is 4.81. The Hall–Kier alpha value is -0.590. The first-order chi connectivity index (χ1) is 8.80. The van der Waals surface area contributed by atoms with Gasteiger partial charge in [-0.25, -0.2) is 18.1 Å². The number of alkyl halides is 1. The Labute approximate surface area is 120 Å². The summed E-state index contributed by atoms with van der Waals surface area (Å²) in [5.41, 5.74) is -0.116. The van der Waals surface area contributed by atoms with Gasteiger partial charge in [-0.2, -0.15) is 0 Å². The summed E-state index contributed by atoms with van der Waals surface area (Å²) >= 11 is 5.66. The van der Waals surface area contributed by atoms with Gasteiger partial charge in [0.15, 0.2) is 5.03 Å². The Bertz CT molecular complexity index is 497. The van der Waals surface area contributed by atoms with E-state index in [0.29, 0.717) is 19.0 Å². The number of aromatic nitrogens is 2. The predicted octanol–water partition coefficient (Wildman–Crippen LogP) is 2.23. The van der Waals surface area contributed by atoms with E-state index < -0.39 is 10.0 Å². The van der Waals surface area contributed by atoms with E-state index in [2.05, 4.69) is 9.71 Å². The summed E-state index contributed by atoms with van der Waals surface area (Å²) in [5, 5.41) is 0.0718. The normalized spacial score (nSPS) is 12.8. The summed E-state index contributed by atoms with van der Waals surface area (Å²) < 4.78 is 28.5. The van der Waals surface area contributed by atoms with Crippen molar-refractivity contribution in [1.29, 1.82) is 0 Å². The van der Waals surface area contributed by atoms with Crippen LogP contribution in [0.1, 0.15) is 33.6 Å². The van der Waals surface area contributed by atoms with Gasteiger partial charge >= 0.3 is 0 Å². The molecule has 7 heteroatoms.